The van der Waals surface area contributed by atoms with Crippen LogP contribution in [0.4, 0.5) is 13.2 Å². The third-order valence-electron chi connectivity index (χ3n) is 2.37. The topological polar surface area (TPSA) is 26.3 Å². The lowest BCUT2D eigenvalue weighted by Crippen LogP contribution is -2.38. The van der Waals surface area contributed by atoms with Crippen molar-refractivity contribution in [3.63, 3.8) is 0 Å². The van der Waals surface area contributed by atoms with Gasteiger partial charge in [-0.2, -0.15) is 13.2 Å². The van der Waals surface area contributed by atoms with E-state index in [1.165, 1.54) is 18.2 Å². The highest BCUT2D eigenvalue weighted by Gasteiger charge is 2.48. The van der Waals surface area contributed by atoms with Gasteiger partial charge in [0.2, 0.25) is 0 Å². The van der Waals surface area contributed by atoms with E-state index in [1.807, 2.05) is 0 Å². The Morgan fingerprint density at radius 2 is 2.06 bits per heavy atom. The second-order valence-corrected chi connectivity index (χ2v) is 3.84. The van der Waals surface area contributed by atoms with Crippen LogP contribution in [0.2, 0.25) is 5.02 Å². The molecule has 0 fully saturated rings. The summed E-state index contributed by atoms with van der Waals surface area (Å²) in [7, 11) is 0. The minimum atomic E-state index is -4.60. The highest BCUT2D eigenvalue weighted by molar-refractivity contribution is 6.31. The van der Waals surface area contributed by atoms with E-state index in [4.69, 9.17) is 11.6 Å². The molecule has 0 spiro atoms. The minimum absolute atomic E-state index is 0.109. The zero-order chi connectivity index (χ0) is 11.9. The van der Waals surface area contributed by atoms with Crippen molar-refractivity contribution in [1.82, 2.24) is 0 Å². The fraction of sp³-hybridized carbons (Fsp3) is 0.300. The summed E-state index contributed by atoms with van der Waals surface area (Å²) in [6, 6.07) is 4.40. The van der Waals surface area contributed by atoms with Crippen molar-refractivity contribution in [1.29, 1.82) is 0 Å². The highest BCUT2D eigenvalue weighted by atomic mass is 35.5. The molecule has 2 nitrogen and oxygen atoms in total. The molecule has 2 rings (SSSR count). The summed E-state index contributed by atoms with van der Waals surface area (Å²) in [4.78, 5) is 11.1. The summed E-state index contributed by atoms with van der Waals surface area (Å²) >= 11 is 5.75. The van der Waals surface area contributed by atoms with Gasteiger partial charge in [-0.3, -0.25) is 4.79 Å². The Hall–Kier alpha value is -1.23. The Labute approximate surface area is 94.0 Å². The van der Waals surface area contributed by atoms with E-state index in [-0.39, 0.29) is 16.3 Å². The van der Waals surface area contributed by atoms with E-state index in [9.17, 15) is 18.0 Å². The molecular formula is C10H6ClF3O2. The first kappa shape index (κ1) is 11.3. The van der Waals surface area contributed by atoms with Gasteiger partial charge >= 0.3 is 12.1 Å². The number of fused-ring (bicyclic) bond motifs is 1. The van der Waals surface area contributed by atoms with E-state index in [2.05, 4.69) is 4.74 Å². The summed E-state index contributed by atoms with van der Waals surface area (Å²) < 4.78 is 42.0. The third kappa shape index (κ3) is 1.87. The molecular weight excluding hydrogens is 245 g/mol. The Balaban J connectivity index is 2.41. The lowest BCUT2D eigenvalue weighted by molar-refractivity contribution is -0.193. The summed E-state index contributed by atoms with van der Waals surface area (Å²) in [6.07, 6.45) is -5.06. The summed E-state index contributed by atoms with van der Waals surface area (Å²) in [6.45, 7) is 0. The van der Waals surface area contributed by atoms with E-state index in [1.54, 1.807) is 0 Å². The average molecular weight is 251 g/mol. The Bertz CT molecular complexity index is 442. The van der Waals surface area contributed by atoms with E-state index >= 15 is 0 Å². The van der Waals surface area contributed by atoms with Crippen LogP contribution in [0, 0.1) is 5.92 Å². The molecule has 1 aromatic rings. The first-order chi connectivity index (χ1) is 7.39. The zero-order valence-corrected chi connectivity index (χ0v) is 8.60. The van der Waals surface area contributed by atoms with Crippen molar-refractivity contribution in [2.75, 3.05) is 0 Å². The maximum absolute atomic E-state index is 12.5. The van der Waals surface area contributed by atoms with Crippen LogP contribution in [-0.2, 0) is 11.2 Å². The molecule has 1 unspecified atom stereocenters. The number of alkyl halides is 3. The van der Waals surface area contributed by atoms with Gasteiger partial charge in [-0.05, 0) is 18.6 Å². The van der Waals surface area contributed by atoms with Crippen LogP contribution < -0.4 is 4.74 Å². The molecule has 0 amide bonds. The molecule has 0 N–H and O–H groups in total. The number of rotatable bonds is 0. The standard InChI is InChI=1S/C10H6ClF3O2/c11-7-2-1-3-8-5(7)4-6(9(15)16-8)10(12,13)14/h1-3,6H,4H2. The monoisotopic (exact) mass is 250 g/mol. The third-order valence-corrected chi connectivity index (χ3v) is 2.73. The zero-order valence-electron chi connectivity index (χ0n) is 7.84. The van der Waals surface area contributed by atoms with Gasteiger partial charge in [-0.25, -0.2) is 0 Å². The second-order valence-electron chi connectivity index (χ2n) is 3.44. The summed E-state index contributed by atoms with van der Waals surface area (Å²) in [5.74, 6) is -3.29. The van der Waals surface area contributed by atoms with Gasteiger partial charge in [0.25, 0.3) is 0 Å². The van der Waals surface area contributed by atoms with Crippen molar-refractivity contribution >= 4 is 17.6 Å². The highest BCUT2D eigenvalue weighted by Crippen LogP contribution is 2.39. The number of esters is 1. The second kappa shape index (κ2) is 3.66. The van der Waals surface area contributed by atoms with Gasteiger partial charge in [0.15, 0.2) is 5.92 Å². The van der Waals surface area contributed by atoms with E-state index in [0.29, 0.717) is 0 Å². The predicted octanol–water partition coefficient (Wildman–Crippen LogP) is 2.98. The van der Waals surface area contributed by atoms with Crippen LogP contribution in [0.1, 0.15) is 5.56 Å². The van der Waals surface area contributed by atoms with E-state index < -0.39 is 24.5 Å². The molecule has 1 aromatic carbocycles. The molecule has 6 heteroatoms. The predicted molar refractivity (Wildman–Crippen MR) is 50.3 cm³/mol. The van der Waals surface area contributed by atoms with Gasteiger partial charge in [-0.1, -0.05) is 17.7 Å². The van der Waals surface area contributed by atoms with Gasteiger partial charge in [0, 0.05) is 10.6 Å². The number of benzene rings is 1. The minimum Gasteiger partial charge on any atom is -0.426 e. The average Bonchev–Trinajstić information content (AvgIpc) is 2.15. The fourth-order valence-corrected chi connectivity index (χ4v) is 1.79. The van der Waals surface area contributed by atoms with Crippen LogP contribution in [0.5, 0.6) is 5.75 Å². The molecule has 16 heavy (non-hydrogen) atoms. The molecule has 0 bridgehead atoms. The van der Waals surface area contributed by atoms with Crippen LogP contribution >= 0.6 is 11.6 Å². The lowest BCUT2D eigenvalue weighted by Gasteiger charge is -2.25. The molecule has 0 aromatic heterocycles. The SMILES string of the molecule is O=C1Oc2cccc(Cl)c2CC1C(F)(F)F. The first-order valence-electron chi connectivity index (χ1n) is 4.45. The molecule has 0 aliphatic carbocycles. The van der Waals surface area contributed by atoms with Crippen molar-refractivity contribution < 1.29 is 22.7 Å². The van der Waals surface area contributed by atoms with Crippen LogP contribution in [-0.4, -0.2) is 12.1 Å². The quantitative estimate of drug-likeness (QED) is 0.523. The molecule has 1 aliphatic rings. The van der Waals surface area contributed by atoms with E-state index in [0.717, 1.165) is 0 Å². The Kier molecular flexibility index (Phi) is 2.58. The van der Waals surface area contributed by atoms with Gasteiger partial charge in [0.05, 0.1) is 0 Å². The maximum Gasteiger partial charge on any atom is 0.402 e. The molecule has 0 saturated heterocycles. The van der Waals surface area contributed by atoms with Crippen LogP contribution in [0.25, 0.3) is 0 Å². The van der Waals surface area contributed by atoms with Crippen molar-refractivity contribution in [2.24, 2.45) is 5.92 Å². The Morgan fingerprint density at radius 3 is 2.69 bits per heavy atom. The van der Waals surface area contributed by atoms with Crippen molar-refractivity contribution in [3.05, 3.63) is 28.8 Å². The normalized spacial score (nSPS) is 20.2. The lowest BCUT2D eigenvalue weighted by atomic mass is 9.95. The number of carbonyl (C=O) groups excluding carboxylic acids is 1. The number of hydrogen-bond acceptors (Lipinski definition) is 2. The smallest absolute Gasteiger partial charge is 0.402 e. The van der Waals surface area contributed by atoms with Crippen molar-refractivity contribution in [3.8, 4) is 5.75 Å². The molecule has 1 atom stereocenters. The molecule has 0 radical (unpaired) electrons. The molecule has 1 aliphatic heterocycles. The number of halogens is 4. The van der Waals surface area contributed by atoms with Gasteiger partial charge in [0.1, 0.15) is 5.75 Å². The first-order valence-corrected chi connectivity index (χ1v) is 4.83. The number of ether oxygens (including phenoxy) is 1. The number of hydrogen-bond donors (Lipinski definition) is 0. The van der Waals surface area contributed by atoms with Crippen molar-refractivity contribution in [2.45, 2.75) is 12.6 Å². The molecule has 1 heterocycles. The maximum atomic E-state index is 12.5. The summed E-state index contributed by atoms with van der Waals surface area (Å²) in [5.41, 5.74) is 0.228. The fourth-order valence-electron chi connectivity index (χ4n) is 1.55. The Morgan fingerprint density at radius 1 is 1.38 bits per heavy atom. The molecule has 86 valence electrons. The van der Waals surface area contributed by atoms with Gasteiger partial charge < -0.3 is 4.74 Å². The summed E-state index contributed by atoms with van der Waals surface area (Å²) in [5, 5.41) is 0.180. The molecule has 0 saturated carbocycles. The van der Waals surface area contributed by atoms with Crippen LogP contribution in [0.15, 0.2) is 18.2 Å². The number of carbonyl (C=O) groups is 1. The van der Waals surface area contributed by atoms with Gasteiger partial charge in [-0.15, -0.1) is 0 Å². The van der Waals surface area contributed by atoms with Crippen LogP contribution in [0.3, 0.4) is 0 Å². The largest absolute Gasteiger partial charge is 0.426 e.